The van der Waals surface area contributed by atoms with Gasteiger partial charge in [0.1, 0.15) is 4.90 Å². The van der Waals surface area contributed by atoms with Crippen LogP contribution in [0.4, 0.5) is 11.4 Å². The number of fused-ring (bicyclic) bond motifs is 1. The Morgan fingerprint density at radius 3 is 2.15 bits per heavy atom. The number of nitrogens with zero attached hydrogens (tertiary/aromatic N) is 3. The zero-order valence-corrected chi connectivity index (χ0v) is 22.1. The Morgan fingerprint density at radius 2 is 1.46 bits per heavy atom. The lowest BCUT2D eigenvalue weighted by molar-refractivity contribution is 0.0746. The van der Waals surface area contributed by atoms with Crippen LogP contribution < -0.4 is 9.62 Å². The molecule has 9 heteroatoms. The summed E-state index contributed by atoms with van der Waals surface area (Å²) in [5.41, 5.74) is 3.09. The largest absolute Gasteiger partial charge is 0.368 e. The van der Waals surface area contributed by atoms with Crippen LogP contribution in [0.3, 0.4) is 0 Å². The van der Waals surface area contributed by atoms with Crippen LogP contribution >= 0.6 is 0 Å². The average Bonchev–Trinajstić information content (AvgIpc) is 3.82. The Kier molecular flexibility index (Phi) is 6.52. The van der Waals surface area contributed by atoms with E-state index in [0.29, 0.717) is 42.9 Å². The molecule has 0 radical (unpaired) electrons. The minimum Gasteiger partial charge on any atom is -0.368 e. The number of anilines is 2. The summed E-state index contributed by atoms with van der Waals surface area (Å²) >= 11 is 0. The second kappa shape index (κ2) is 10.1. The number of nitrogens with one attached hydrogen (secondary N) is 1. The highest BCUT2D eigenvalue weighted by Gasteiger charge is 2.30. The summed E-state index contributed by atoms with van der Waals surface area (Å²) in [4.78, 5) is 33.7. The third kappa shape index (κ3) is 5.22. The van der Waals surface area contributed by atoms with E-state index < -0.39 is 10.0 Å². The number of hydrogen-bond donors (Lipinski definition) is 1. The monoisotopic (exact) mass is 540 g/mol. The molecular weight excluding hydrogens is 512 g/mol. The second-order valence-corrected chi connectivity index (χ2v) is 11.6. The Hall–Kier alpha value is -4.24. The van der Waals surface area contributed by atoms with Crippen molar-refractivity contribution < 1.29 is 18.0 Å². The number of sulfonamides is 1. The van der Waals surface area contributed by atoms with E-state index >= 15 is 0 Å². The van der Waals surface area contributed by atoms with Crippen LogP contribution in [0.2, 0.25) is 0 Å². The number of ketones is 1. The van der Waals surface area contributed by atoms with E-state index in [1.165, 1.54) is 6.07 Å². The van der Waals surface area contributed by atoms with Crippen LogP contribution in [-0.4, -0.2) is 56.2 Å². The Labute approximate surface area is 227 Å². The highest BCUT2D eigenvalue weighted by molar-refractivity contribution is 7.93. The van der Waals surface area contributed by atoms with E-state index in [-0.39, 0.29) is 22.5 Å². The number of aromatic nitrogens is 1. The van der Waals surface area contributed by atoms with Crippen molar-refractivity contribution in [1.82, 2.24) is 9.88 Å². The zero-order valence-electron chi connectivity index (χ0n) is 21.3. The van der Waals surface area contributed by atoms with Crippen LogP contribution in [0, 0.1) is 5.92 Å². The summed E-state index contributed by atoms with van der Waals surface area (Å²) in [6.45, 7) is 2.53. The van der Waals surface area contributed by atoms with Gasteiger partial charge in [0.25, 0.3) is 15.9 Å². The van der Waals surface area contributed by atoms with Gasteiger partial charge in [-0.15, -0.1) is 0 Å². The van der Waals surface area contributed by atoms with E-state index in [9.17, 15) is 18.0 Å². The van der Waals surface area contributed by atoms with E-state index in [4.69, 9.17) is 0 Å². The predicted molar refractivity (Wildman–Crippen MR) is 151 cm³/mol. The summed E-state index contributed by atoms with van der Waals surface area (Å²) in [6, 6.07) is 22.9. The number of piperazine rings is 1. The van der Waals surface area contributed by atoms with Gasteiger partial charge in [-0.1, -0.05) is 18.2 Å². The third-order valence-corrected chi connectivity index (χ3v) is 8.71. The van der Waals surface area contributed by atoms with E-state index in [2.05, 4.69) is 14.6 Å². The number of Topliss-reactive ketones (excluding diaryl/α,β-unsaturated/α-hetero) is 1. The van der Waals surface area contributed by atoms with Gasteiger partial charge < -0.3 is 9.80 Å². The summed E-state index contributed by atoms with van der Waals surface area (Å²) in [6.07, 6.45) is 3.56. The molecule has 4 aromatic rings. The number of rotatable bonds is 7. The normalized spacial score (nSPS) is 15.8. The van der Waals surface area contributed by atoms with Gasteiger partial charge in [-0.05, 0) is 73.5 Å². The van der Waals surface area contributed by atoms with Crippen molar-refractivity contribution in [2.75, 3.05) is 35.8 Å². The molecule has 1 saturated heterocycles. The Morgan fingerprint density at radius 1 is 0.795 bits per heavy atom. The molecule has 1 N–H and O–H groups in total. The lowest BCUT2D eigenvalue weighted by Crippen LogP contribution is -2.48. The summed E-state index contributed by atoms with van der Waals surface area (Å²) in [5.74, 6) is 0.357. The SMILES string of the molecule is O=C(c1ccc(N2CCN(C(=O)c3ccc(NS(=O)(=O)c4cccc5cccnc45)cc3)CC2)cc1)C1CC1. The number of carbonyl (C=O) groups excluding carboxylic acids is 2. The molecule has 3 aromatic carbocycles. The topological polar surface area (TPSA) is 99.7 Å². The minimum absolute atomic E-state index is 0.0901. The molecule has 1 saturated carbocycles. The molecule has 198 valence electrons. The minimum atomic E-state index is -3.87. The van der Waals surface area contributed by atoms with Crippen LogP contribution in [0.25, 0.3) is 10.9 Å². The molecule has 0 atom stereocenters. The first kappa shape index (κ1) is 25.1. The van der Waals surface area contributed by atoms with Crippen LogP contribution in [0.1, 0.15) is 33.6 Å². The zero-order chi connectivity index (χ0) is 27.0. The van der Waals surface area contributed by atoms with Gasteiger partial charge in [0.05, 0.1) is 5.52 Å². The molecular formula is C30H28N4O4S. The van der Waals surface area contributed by atoms with E-state index in [0.717, 1.165) is 29.5 Å². The van der Waals surface area contributed by atoms with E-state index in [1.807, 2.05) is 41.3 Å². The summed E-state index contributed by atoms with van der Waals surface area (Å²) in [7, 11) is -3.87. The van der Waals surface area contributed by atoms with Gasteiger partial charge in [0, 0.05) is 66.2 Å². The molecule has 39 heavy (non-hydrogen) atoms. The molecule has 0 bridgehead atoms. The van der Waals surface area contributed by atoms with E-state index in [1.54, 1.807) is 42.6 Å². The van der Waals surface area contributed by atoms with Crippen molar-refractivity contribution in [3.05, 3.63) is 96.2 Å². The molecule has 1 amide bonds. The molecule has 2 aliphatic rings. The fraction of sp³-hybridized carbons (Fsp3) is 0.233. The number of carbonyl (C=O) groups is 2. The maximum Gasteiger partial charge on any atom is 0.264 e. The van der Waals surface area contributed by atoms with Gasteiger partial charge in [0.2, 0.25) is 0 Å². The first-order valence-corrected chi connectivity index (χ1v) is 14.5. The molecule has 6 rings (SSSR count). The maximum absolute atomic E-state index is 13.1. The van der Waals surface area contributed by atoms with Gasteiger partial charge in [-0.25, -0.2) is 8.42 Å². The standard InChI is InChI=1S/C30H28N4O4S/c35-29(22-6-7-22)23-10-14-26(15-11-23)33-17-19-34(20-18-33)30(36)24-8-12-25(13-9-24)32-39(37,38)27-5-1-3-21-4-2-16-31-28(21)27/h1-5,8-16,22,32H,6-7,17-20H2. The second-order valence-electron chi connectivity index (χ2n) is 9.98. The van der Waals surface area contributed by atoms with Crippen LogP contribution in [0.5, 0.6) is 0 Å². The fourth-order valence-electron chi connectivity index (χ4n) is 4.95. The van der Waals surface area contributed by atoms with Crippen molar-refractivity contribution in [3.63, 3.8) is 0 Å². The van der Waals surface area contributed by atoms with Crippen LogP contribution in [0.15, 0.2) is 90.0 Å². The molecule has 8 nitrogen and oxygen atoms in total. The quantitative estimate of drug-likeness (QED) is 0.344. The predicted octanol–water partition coefficient (Wildman–Crippen LogP) is 4.59. The van der Waals surface area contributed by atoms with Gasteiger partial charge in [0.15, 0.2) is 5.78 Å². The first-order valence-electron chi connectivity index (χ1n) is 13.0. The van der Waals surface area contributed by atoms with Crippen LogP contribution in [-0.2, 0) is 10.0 Å². The smallest absolute Gasteiger partial charge is 0.264 e. The Bertz CT molecular complexity index is 1640. The number of hydrogen-bond acceptors (Lipinski definition) is 6. The molecule has 0 spiro atoms. The van der Waals surface area contributed by atoms with Crippen molar-refractivity contribution >= 4 is 44.0 Å². The Balaban J connectivity index is 1.08. The van der Waals surface area contributed by atoms with Crippen molar-refractivity contribution in [2.45, 2.75) is 17.7 Å². The number of amides is 1. The van der Waals surface area contributed by atoms with Gasteiger partial charge in [-0.2, -0.15) is 0 Å². The molecule has 1 aliphatic carbocycles. The first-order chi connectivity index (χ1) is 18.9. The summed E-state index contributed by atoms with van der Waals surface area (Å²) < 4.78 is 28.7. The highest BCUT2D eigenvalue weighted by atomic mass is 32.2. The molecule has 1 aromatic heterocycles. The molecule has 0 unspecified atom stereocenters. The van der Waals surface area contributed by atoms with Gasteiger partial charge >= 0.3 is 0 Å². The fourth-order valence-corrected chi connectivity index (χ4v) is 6.19. The lowest BCUT2D eigenvalue weighted by atomic mass is 10.1. The molecule has 2 heterocycles. The third-order valence-electron chi connectivity index (χ3n) is 7.30. The van der Waals surface area contributed by atoms with Crippen molar-refractivity contribution in [1.29, 1.82) is 0 Å². The molecule has 2 fully saturated rings. The molecule has 1 aliphatic heterocycles. The number of para-hydroxylation sites is 1. The average molecular weight is 541 g/mol. The number of pyridine rings is 1. The van der Waals surface area contributed by atoms with Crippen molar-refractivity contribution in [2.24, 2.45) is 5.92 Å². The van der Waals surface area contributed by atoms with Crippen molar-refractivity contribution in [3.8, 4) is 0 Å². The number of benzene rings is 3. The van der Waals surface area contributed by atoms with Gasteiger partial charge in [-0.3, -0.25) is 19.3 Å². The summed E-state index contributed by atoms with van der Waals surface area (Å²) in [5, 5.41) is 0.738. The highest BCUT2D eigenvalue weighted by Crippen LogP contribution is 2.33. The maximum atomic E-state index is 13.1. The lowest BCUT2D eigenvalue weighted by Gasteiger charge is -2.36.